The fourth-order valence-electron chi connectivity index (χ4n) is 1.76. The first kappa shape index (κ1) is 18.8. The SMILES string of the molecule is CC(C)(C)CC(CC(=O)O)NC(=O)CCOCC(F)F. The van der Waals surface area contributed by atoms with E-state index >= 15 is 0 Å². The van der Waals surface area contributed by atoms with Crippen LogP contribution >= 0.6 is 0 Å². The van der Waals surface area contributed by atoms with E-state index in [0.717, 1.165) is 0 Å². The first-order chi connectivity index (χ1) is 9.10. The van der Waals surface area contributed by atoms with Crippen LogP contribution in [0.5, 0.6) is 0 Å². The average molecular weight is 295 g/mol. The van der Waals surface area contributed by atoms with Gasteiger partial charge in [-0.25, -0.2) is 8.78 Å². The monoisotopic (exact) mass is 295 g/mol. The van der Waals surface area contributed by atoms with Crippen molar-refractivity contribution in [2.75, 3.05) is 13.2 Å². The molecule has 0 aliphatic carbocycles. The zero-order chi connectivity index (χ0) is 15.8. The molecule has 0 aromatic carbocycles. The van der Waals surface area contributed by atoms with Gasteiger partial charge in [-0.1, -0.05) is 20.8 Å². The third-order valence-electron chi connectivity index (χ3n) is 2.36. The number of halogens is 2. The van der Waals surface area contributed by atoms with E-state index in [2.05, 4.69) is 10.1 Å². The molecular formula is C13H23F2NO4. The van der Waals surface area contributed by atoms with Gasteiger partial charge in [0, 0.05) is 12.5 Å². The van der Waals surface area contributed by atoms with Gasteiger partial charge in [0.2, 0.25) is 5.91 Å². The predicted octanol–water partition coefficient (Wildman–Crippen LogP) is 2.05. The molecule has 1 atom stereocenters. The van der Waals surface area contributed by atoms with Crippen LogP contribution in [0.3, 0.4) is 0 Å². The standard InChI is InChI=1S/C13H23F2NO4/c1-13(2,3)7-9(6-12(18)19)16-11(17)4-5-20-8-10(14)15/h9-10H,4-8H2,1-3H3,(H,16,17)(H,18,19). The highest BCUT2D eigenvalue weighted by atomic mass is 19.3. The van der Waals surface area contributed by atoms with Crippen LogP contribution < -0.4 is 5.32 Å². The van der Waals surface area contributed by atoms with Crippen LogP contribution in [0.15, 0.2) is 0 Å². The van der Waals surface area contributed by atoms with E-state index in [0.29, 0.717) is 6.42 Å². The van der Waals surface area contributed by atoms with Gasteiger partial charge in [-0.05, 0) is 11.8 Å². The van der Waals surface area contributed by atoms with Crippen LogP contribution in [-0.4, -0.2) is 42.7 Å². The molecule has 2 N–H and O–H groups in total. The van der Waals surface area contributed by atoms with Crippen molar-refractivity contribution in [3.05, 3.63) is 0 Å². The lowest BCUT2D eigenvalue weighted by Crippen LogP contribution is -2.39. The Kier molecular flexibility index (Phi) is 8.29. The number of carboxylic acid groups (broad SMARTS) is 1. The van der Waals surface area contributed by atoms with Crippen molar-refractivity contribution in [3.8, 4) is 0 Å². The van der Waals surface area contributed by atoms with Gasteiger partial charge in [0.25, 0.3) is 6.43 Å². The van der Waals surface area contributed by atoms with Crippen molar-refractivity contribution in [1.29, 1.82) is 0 Å². The van der Waals surface area contributed by atoms with Gasteiger partial charge in [0.05, 0.1) is 13.0 Å². The number of hydrogen-bond donors (Lipinski definition) is 2. The zero-order valence-corrected chi connectivity index (χ0v) is 12.1. The molecule has 0 fully saturated rings. The van der Waals surface area contributed by atoms with Crippen molar-refractivity contribution in [1.82, 2.24) is 5.32 Å². The fraction of sp³-hybridized carbons (Fsp3) is 0.846. The first-order valence-corrected chi connectivity index (χ1v) is 6.47. The Morgan fingerprint density at radius 2 is 1.90 bits per heavy atom. The second kappa shape index (κ2) is 8.84. The zero-order valence-electron chi connectivity index (χ0n) is 12.1. The Bertz CT molecular complexity index is 316. The van der Waals surface area contributed by atoms with Crippen molar-refractivity contribution in [2.45, 2.75) is 52.5 Å². The molecule has 0 saturated heterocycles. The number of alkyl halides is 2. The van der Waals surface area contributed by atoms with E-state index in [-0.39, 0.29) is 24.9 Å². The number of hydrogen-bond acceptors (Lipinski definition) is 3. The molecule has 0 saturated carbocycles. The van der Waals surface area contributed by atoms with Gasteiger partial charge in [-0.3, -0.25) is 9.59 Å². The Morgan fingerprint density at radius 3 is 2.35 bits per heavy atom. The highest BCUT2D eigenvalue weighted by molar-refractivity contribution is 5.77. The van der Waals surface area contributed by atoms with Crippen LogP contribution in [-0.2, 0) is 14.3 Å². The summed E-state index contributed by atoms with van der Waals surface area (Å²) in [7, 11) is 0. The van der Waals surface area contributed by atoms with E-state index in [1.54, 1.807) is 0 Å². The molecule has 0 spiro atoms. The Morgan fingerprint density at radius 1 is 1.30 bits per heavy atom. The minimum atomic E-state index is -2.56. The van der Waals surface area contributed by atoms with Crippen molar-refractivity contribution < 1.29 is 28.2 Å². The first-order valence-electron chi connectivity index (χ1n) is 6.47. The second-order valence-corrected chi connectivity index (χ2v) is 5.84. The third-order valence-corrected chi connectivity index (χ3v) is 2.36. The number of ether oxygens (including phenoxy) is 1. The molecule has 118 valence electrons. The Balaban J connectivity index is 4.15. The molecule has 20 heavy (non-hydrogen) atoms. The van der Waals surface area contributed by atoms with E-state index in [4.69, 9.17) is 5.11 Å². The van der Waals surface area contributed by atoms with Crippen molar-refractivity contribution >= 4 is 11.9 Å². The number of nitrogens with one attached hydrogen (secondary N) is 1. The number of rotatable bonds is 9. The van der Waals surface area contributed by atoms with Crippen molar-refractivity contribution in [3.63, 3.8) is 0 Å². The molecule has 0 aromatic heterocycles. The number of carboxylic acids is 1. The lowest BCUT2D eigenvalue weighted by atomic mass is 9.87. The van der Waals surface area contributed by atoms with Crippen LogP contribution in [0.2, 0.25) is 0 Å². The minimum Gasteiger partial charge on any atom is -0.481 e. The van der Waals surface area contributed by atoms with Crippen LogP contribution in [0.25, 0.3) is 0 Å². The number of carbonyl (C=O) groups is 2. The van der Waals surface area contributed by atoms with Crippen LogP contribution in [0.1, 0.15) is 40.0 Å². The predicted molar refractivity (Wildman–Crippen MR) is 69.7 cm³/mol. The van der Waals surface area contributed by atoms with Gasteiger partial charge in [0.1, 0.15) is 6.61 Å². The summed E-state index contributed by atoms with van der Waals surface area (Å²) < 4.78 is 28.2. The molecule has 1 unspecified atom stereocenters. The van der Waals surface area contributed by atoms with Gasteiger partial charge >= 0.3 is 5.97 Å². The molecule has 0 aromatic rings. The number of aliphatic carboxylic acids is 1. The summed E-state index contributed by atoms with van der Waals surface area (Å²) in [6.07, 6.45) is -2.27. The maximum atomic E-state index is 11.8. The molecular weight excluding hydrogens is 272 g/mol. The summed E-state index contributed by atoms with van der Waals surface area (Å²) in [6, 6.07) is -0.477. The highest BCUT2D eigenvalue weighted by Gasteiger charge is 2.22. The topological polar surface area (TPSA) is 75.6 Å². The second-order valence-electron chi connectivity index (χ2n) is 5.84. The quantitative estimate of drug-likeness (QED) is 0.638. The lowest BCUT2D eigenvalue weighted by Gasteiger charge is -2.25. The lowest BCUT2D eigenvalue weighted by molar-refractivity contribution is -0.138. The Hall–Kier alpha value is -1.24. The minimum absolute atomic E-state index is 0.0625. The van der Waals surface area contributed by atoms with E-state index in [9.17, 15) is 18.4 Å². The molecule has 0 heterocycles. The van der Waals surface area contributed by atoms with Gasteiger partial charge < -0.3 is 15.2 Å². The number of amides is 1. The van der Waals surface area contributed by atoms with E-state index in [1.165, 1.54) is 0 Å². The summed E-state index contributed by atoms with van der Waals surface area (Å²) in [5.41, 5.74) is -0.125. The largest absolute Gasteiger partial charge is 0.481 e. The summed E-state index contributed by atoms with van der Waals surface area (Å²) >= 11 is 0. The van der Waals surface area contributed by atoms with Crippen LogP contribution in [0.4, 0.5) is 8.78 Å². The molecule has 7 heteroatoms. The highest BCUT2D eigenvalue weighted by Crippen LogP contribution is 2.22. The fourth-order valence-corrected chi connectivity index (χ4v) is 1.76. The molecule has 5 nitrogen and oxygen atoms in total. The van der Waals surface area contributed by atoms with Gasteiger partial charge in [0.15, 0.2) is 0 Å². The molecule has 0 radical (unpaired) electrons. The van der Waals surface area contributed by atoms with Crippen LogP contribution in [0, 0.1) is 5.41 Å². The summed E-state index contributed by atoms with van der Waals surface area (Å²) in [5.74, 6) is -1.39. The maximum absolute atomic E-state index is 11.8. The van der Waals surface area contributed by atoms with E-state index in [1.807, 2.05) is 20.8 Å². The summed E-state index contributed by atoms with van der Waals surface area (Å²) in [6.45, 7) is 5.03. The summed E-state index contributed by atoms with van der Waals surface area (Å²) in [5, 5.41) is 11.4. The molecule has 1 amide bonds. The van der Waals surface area contributed by atoms with Crippen molar-refractivity contribution in [2.24, 2.45) is 5.41 Å². The van der Waals surface area contributed by atoms with E-state index < -0.39 is 31.0 Å². The molecule has 0 aliphatic heterocycles. The third kappa shape index (κ3) is 11.8. The Labute approximate surface area is 117 Å². The average Bonchev–Trinajstić information content (AvgIpc) is 2.20. The number of carbonyl (C=O) groups excluding carboxylic acids is 1. The van der Waals surface area contributed by atoms with Gasteiger partial charge in [-0.2, -0.15) is 0 Å². The maximum Gasteiger partial charge on any atom is 0.305 e. The smallest absolute Gasteiger partial charge is 0.305 e. The normalized spacial score (nSPS) is 13.3. The molecule has 0 aliphatic rings. The summed E-state index contributed by atoms with van der Waals surface area (Å²) in [4.78, 5) is 22.3. The molecule has 0 bridgehead atoms. The molecule has 0 rings (SSSR count). The van der Waals surface area contributed by atoms with Gasteiger partial charge in [-0.15, -0.1) is 0 Å².